The molecule has 1 N–H and O–H groups in total. The lowest BCUT2D eigenvalue weighted by atomic mass is 10.1. The highest BCUT2D eigenvalue weighted by Crippen LogP contribution is 2.31. The Morgan fingerprint density at radius 1 is 1.06 bits per heavy atom. The number of carbonyl (C=O) groups is 2. The summed E-state index contributed by atoms with van der Waals surface area (Å²) in [4.78, 5) is 28.0. The van der Waals surface area contributed by atoms with Crippen molar-refractivity contribution in [3.05, 3.63) is 58.1 Å². The van der Waals surface area contributed by atoms with Gasteiger partial charge in [0.15, 0.2) is 0 Å². The molecule has 198 valence electrons. The summed E-state index contributed by atoms with van der Waals surface area (Å²) < 4.78 is 32.1. The number of amides is 2. The molecular weight excluding hydrogens is 525 g/mol. The van der Waals surface area contributed by atoms with Crippen molar-refractivity contribution < 1.29 is 22.7 Å². The van der Waals surface area contributed by atoms with E-state index in [1.807, 2.05) is 20.8 Å². The average molecular weight is 559 g/mol. The number of nitrogens with one attached hydrogen (secondary N) is 1. The van der Waals surface area contributed by atoms with E-state index in [0.717, 1.165) is 10.6 Å². The third-order valence-electron chi connectivity index (χ3n) is 5.17. The van der Waals surface area contributed by atoms with Crippen LogP contribution in [0.1, 0.15) is 40.2 Å². The predicted molar refractivity (Wildman–Crippen MR) is 144 cm³/mol. The van der Waals surface area contributed by atoms with Crippen molar-refractivity contribution in [1.82, 2.24) is 10.2 Å². The van der Waals surface area contributed by atoms with Crippen LogP contribution in [-0.4, -0.2) is 56.1 Å². The van der Waals surface area contributed by atoms with Gasteiger partial charge < -0.3 is 15.0 Å². The maximum Gasteiger partial charge on any atom is 0.244 e. The molecular formula is C25H33Cl2N3O5S. The monoisotopic (exact) mass is 557 g/mol. The van der Waals surface area contributed by atoms with Crippen molar-refractivity contribution in [3.63, 3.8) is 0 Å². The highest BCUT2D eigenvalue weighted by molar-refractivity contribution is 7.92. The molecule has 0 fully saturated rings. The quantitative estimate of drug-likeness (QED) is 0.464. The largest absolute Gasteiger partial charge is 0.492 e. The molecule has 0 heterocycles. The molecule has 0 aliphatic rings. The van der Waals surface area contributed by atoms with Gasteiger partial charge in [-0.1, -0.05) is 41.4 Å². The summed E-state index contributed by atoms with van der Waals surface area (Å²) in [7, 11) is -3.90. The van der Waals surface area contributed by atoms with Crippen molar-refractivity contribution in [2.75, 3.05) is 23.7 Å². The third-order valence-corrected chi connectivity index (χ3v) is 7.00. The minimum absolute atomic E-state index is 0.0965. The zero-order valence-corrected chi connectivity index (χ0v) is 23.7. The van der Waals surface area contributed by atoms with E-state index in [9.17, 15) is 18.0 Å². The molecule has 2 amide bonds. The fraction of sp³-hybridized carbons (Fsp3) is 0.440. The standard InChI is InChI=1S/C25H33Cl2N3O5S/c1-7-35-22-14-9-8-13-21(22)30(36(6,33)34)16-23(31)29(17(2)24(32)28-25(3,4)5)15-18-19(26)11-10-12-20(18)27/h8-14,17H,7,15-16H2,1-6H3,(H,28,32). The van der Waals surface area contributed by atoms with Gasteiger partial charge in [0, 0.05) is 27.7 Å². The first-order chi connectivity index (χ1) is 16.7. The number of carbonyl (C=O) groups excluding carboxylic acids is 2. The maximum absolute atomic E-state index is 13.7. The Kier molecular flexibility index (Phi) is 10.0. The van der Waals surface area contributed by atoms with E-state index in [1.54, 1.807) is 56.3 Å². The number of ether oxygens (including phenoxy) is 1. The van der Waals surface area contributed by atoms with Gasteiger partial charge in [-0.3, -0.25) is 13.9 Å². The number of anilines is 1. The fourth-order valence-corrected chi connectivity index (χ4v) is 4.82. The molecule has 36 heavy (non-hydrogen) atoms. The summed E-state index contributed by atoms with van der Waals surface area (Å²) in [6, 6.07) is 10.5. The number of para-hydroxylation sites is 2. The van der Waals surface area contributed by atoms with E-state index in [1.165, 1.54) is 4.90 Å². The second-order valence-electron chi connectivity index (χ2n) is 9.31. The maximum atomic E-state index is 13.7. The van der Waals surface area contributed by atoms with Crippen LogP contribution in [0.15, 0.2) is 42.5 Å². The number of nitrogens with zero attached hydrogens (tertiary/aromatic N) is 2. The predicted octanol–water partition coefficient (Wildman–Crippen LogP) is 4.49. The minimum Gasteiger partial charge on any atom is -0.492 e. The Morgan fingerprint density at radius 3 is 2.17 bits per heavy atom. The van der Waals surface area contributed by atoms with Gasteiger partial charge in [0.25, 0.3) is 0 Å². The van der Waals surface area contributed by atoms with E-state index in [-0.39, 0.29) is 12.2 Å². The molecule has 2 aromatic carbocycles. The van der Waals surface area contributed by atoms with Gasteiger partial charge in [-0.2, -0.15) is 0 Å². The molecule has 0 radical (unpaired) electrons. The van der Waals surface area contributed by atoms with Gasteiger partial charge in [-0.15, -0.1) is 0 Å². The second-order valence-corrected chi connectivity index (χ2v) is 12.0. The zero-order chi connectivity index (χ0) is 27.3. The highest BCUT2D eigenvalue weighted by atomic mass is 35.5. The molecule has 0 aromatic heterocycles. The van der Waals surface area contributed by atoms with E-state index >= 15 is 0 Å². The summed E-state index contributed by atoms with van der Waals surface area (Å²) in [6.45, 7) is 8.48. The molecule has 11 heteroatoms. The van der Waals surface area contributed by atoms with E-state index in [4.69, 9.17) is 27.9 Å². The molecule has 2 aromatic rings. The van der Waals surface area contributed by atoms with Crippen molar-refractivity contribution >= 4 is 50.7 Å². The lowest BCUT2D eigenvalue weighted by molar-refractivity contribution is -0.140. The minimum atomic E-state index is -3.90. The third kappa shape index (κ3) is 8.01. The summed E-state index contributed by atoms with van der Waals surface area (Å²) >= 11 is 12.7. The summed E-state index contributed by atoms with van der Waals surface area (Å²) in [5, 5.41) is 3.51. The number of rotatable bonds is 10. The topological polar surface area (TPSA) is 96.0 Å². The molecule has 1 unspecified atom stereocenters. The Bertz CT molecular complexity index is 1180. The van der Waals surface area contributed by atoms with Crippen LogP contribution in [0, 0.1) is 0 Å². The number of sulfonamides is 1. The smallest absolute Gasteiger partial charge is 0.244 e. The molecule has 0 saturated carbocycles. The van der Waals surface area contributed by atoms with Gasteiger partial charge in [0.05, 0.1) is 18.6 Å². The van der Waals surface area contributed by atoms with Crippen LogP contribution in [-0.2, 0) is 26.2 Å². The lowest BCUT2D eigenvalue weighted by Crippen LogP contribution is -2.54. The SMILES string of the molecule is CCOc1ccccc1N(CC(=O)N(Cc1c(Cl)cccc1Cl)C(C)C(=O)NC(C)(C)C)S(C)(=O)=O. The Labute approximate surface area is 223 Å². The molecule has 0 saturated heterocycles. The van der Waals surface area contributed by atoms with Crippen molar-refractivity contribution in [3.8, 4) is 5.75 Å². The first-order valence-electron chi connectivity index (χ1n) is 11.4. The van der Waals surface area contributed by atoms with Crippen LogP contribution in [0.5, 0.6) is 5.75 Å². The molecule has 0 bridgehead atoms. The lowest BCUT2D eigenvalue weighted by Gasteiger charge is -2.33. The Morgan fingerprint density at radius 2 is 1.64 bits per heavy atom. The van der Waals surface area contributed by atoms with Crippen LogP contribution >= 0.6 is 23.2 Å². The fourth-order valence-electron chi connectivity index (χ4n) is 3.45. The Balaban J connectivity index is 2.51. The van der Waals surface area contributed by atoms with E-state index in [2.05, 4.69) is 5.32 Å². The van der Waals surface area contributed by atoms with Gasteiger partial charge >= 0.3 is 0 Å². The van der Waals surface area contributed by atoms with Crippen LogP contribution < -0.4 is 14.4 Å². The molecule has 8 nitrogen and oxygen atoms in total. The molecule has 1 atom stereocenters. The highest BCUT2D eigenvalue weighted by Gasteiger charge is 2.32. The summed E-state index contributed by atoms with van der Waals surface area (Å²) in [6.07, 6.45) is 1.01. The second kappa shape index (κ2) is 12.2. The number of hydrogen-bond donors (Lipinski definition) is 1. The molecule has 0 aliphatic heterocycles. The first kappa shape index (κ1) is 29.7. The normalized spacial score (nSPS) is 12.6. The summed E-state index contributed by atoms with van der Waals surface area (Å²) in [5.41, 5.74) is 0.125. The Hall–Kier alpha value is -2.49. The number of halogens is 2. The van der Waals surface area contributed by atoms with Crippen LogP contribution in [0.2, 0.25) is 10.0 Å². The molecule has 0 spiro atoms. The van der Waals surface area contributed by atoms with Gasteiger partial charge in [-0.25, -0.2) is 8.42 Å². The van der Waals surface area contributed by atoms with Gasteiger partial charge in [0.1, 0.15) is 18.3 Å². The van der Waals surface area contributed by atoms with Crippen LogP contribution in [0.4, 0.5) is 5.69 Å². The van der Waals surface area contributed by atoms with Crippen molar-refractivity contribution in [2.24, 2.45) is 0 Å². The molecule has 2 rings (SSSR count). The van der Waals surface area contributed by atoms with E-state index in [0.29, 0.717) is 28.0 Å². The average Bonchev–Trinajstić information content (AvgIpc) is 2.75. The van der Waals surface area contributed by atoms with Crippen LogP contribution in [0.3, 0.4) is 0 Å². The van der Waals surface area contributed by atoms with Gasteiger partial charge in [-0.05, 0) is 58.9 Å². The first-order valence-corrected chi connectivity index (χ1v) is 14.0. The van der Waals surface area contributed by atoms with E-state index < -0.39 is 40.0 Å². The van der Waals surface area contributed by atoms with Crippen molar-refractivity contribution in [1.29, 1.82) is 0 Å². The number of hydrogen-bond acceptors (Lipinski definition) is 5. The van der Waals surface area contributed by atoms with Gasteiger partial charge in [0.2, 0.25) is 21.8 Å². The zero-order valence-electron chi connectivity index (χ0n) is 21.3. The van der Waals surface area contributed by atoms with Crippen molar-refractivity contribution in [2.45, 2.75) is 52.7 Å². The molecule has 0 aliphatic carbocycles. The summed E-state index contributed by atoms with van der Waals surface area (Å²) in [5.74, 6) is -0.698. The number of benzene rings is 2. The van der Waals surface area contributed by atoms with Crippen LogP contribution in [0.25, 0.3) is 0 Å².